The highest BCUT2D eigenvalue weighted by molar-refractivity contribution is 5.96. The van der Waals surface area contributed by atoms with Crippen LogP contribution >= 0.6 is 0 Å². The van der Waals surface area contributed by atoms with Crippen LogP contribution in [0.1, 0.15) is 52.7 Å². The quantitative estimate of drug-likeness (QED) is 0.397. The van der Waals surface area contributed by atoms with Crippen molar-refractivity contribution in [1.82, 2.24) is 15.5 Å². The molecule has 218 valence electrons. The van der Waals surface area contributed by atoms with Crippen molar-refractivity contribution in [3.05, 3.63) is 70.8 Å². The lowest BCUT2D eigenvalue weighted by Gasteiger charge is -2.40. The van der Waals surface area contributed by atoms with Gasteiger partial charge in [0.25, 0.3) is 5.91 Å². The minimum absolute atomic E-state index is 0.0214. The van der Waals surface area contributed by atoms with Crippen molar-refractivity contribution in [2.75, 3.05) is 19.6 Å². The third-order valence-corrected chi connectivity index (χ3v) is 7.57. The lowest BCUT2D eigenvalue weighted by molar-refractivity contribution is -0.138. The van der Waals surface area contributed by atoms with Gasteiger partial charge in [0.15, 0.2) is 0 Å². The van der Waals surface area contributed by atoms with Gasteiger partial charge in [0.2, 0.25) is 5.91 Å². The maximum atomic E-state index is 12.9. The standard InChI is InChI=1S/C27H29F6N3O4/c28-26(29,30)18-6-4-17(5-7-18)25(40)10-8-20(9-11-25)36-14-21(22(37)15-36)35-23(38)13-34-24(39)16-2-1-3-19(12-16)27(31,32)33/h1-7,12,20-22,37,40H,8-11,13-15H2,(H,34,39)(H,35,38)/t20?,21-,22+,25?/m0/s1. The minimum atomic E-state index is -4.61. The molecule has 0 spiro atoms. The molecule has 4 N–H and O–H groups in total. The van der Waals surface area contributed by atoms with Crippen LogP contribution in [-0.4, -0.2) is 64.7 Å². The molecule has 1 aliphatic heterocycles. The van der Waals surface area contributed by atoms with Gasteiger partial charge in [-0.1, -0.05) is 18.2 Å². The number of amides is 2. The number of hydrogen-bond acceptors (Lipinski definition) is 5. The van der Waals surface area contributed by atoms with Gasteiger partial charge in [0, 0.05) is 24.7 Å². The highest BCUT2D eigenvalue weighted by atomic mass is 19.4. The highest BCUT2D eigenvalue weighted by Crippen LogP contribution is 2.40. The Labute approximate surface area is 226 Å². The molecule has 13 heteroatoms. The van der Waals surface area contributed by atoms with Gasteiger partial charge in [-0.15, -0.1) is 0 Å². The molecule has 2 amide bonds. The van der Waals surface area contributed by atoms with E-state index in [9.17, 15) is 46.1 Å². The molecule has 2 aliphatic rings. The van der Waals surface area contributed by atoms with E-state index in [1.165, 1.54) is 18.2 Å². The summed E-state index contributed by atoms with van der Waals surface area (Å²) >= 11 is 0. The fourth-order valence-corrected chi connectivity index (χ4v) is 5.32. The average Bonchev–Trinajstić information content (AvgIpc) is 3.26. The molecule has 4 rings (SSSR count). The maximum Gasteiger partial charge on any atom is 0.416 e. The van der Waals surface area contributed by atoms with Gasteiger partial charge in [-0.2, -0.15) is 26.3 Å². The lowest BCUT2D eigenvalue weighted by atomic mass is 9.77. The predicted octanol–water partition coefficient (Wildman–Crippen LogP) is 3.45. The molecule has 0 aromatic heterocycles. The van der Waals surface area contributed by atoms with Gasteiger partial charge >= 0.3 is 12.4 Å². The van der Waals surface area contributed by atoms with Crippen molar-refractivity contribution >= 4 is 11.8 Å². The van der Waals surface area contributed by atoms with Crippen LogP contribution in [0.2, 0.25) is 0 Å². The number of likely N-dealkylation sites (tertiary alicyclic amines) is 1. The zero-order chi connectivity index (χ0) is 29.3. The van der Waals surface area contributed by atoms with E-state index in [0.717, 1.165) is 24.3 Å². The molecule has 7 nitrogen and oxygen atoms in total. The Kier molecular flexibility index (Phi) is 8.48. The van der Waals surface area contributed by atoms with Gasteiger partial charge in [-0.05, 0) is 61.6 Å². The molecule has 2 aromatic carbocycles. The molecule has 2 fully saturated rings. The SMILES string of the molecule is O=C(CNC(=O)c1cccc(C(F)(F)F)c1)N[C@H]1CN(C2CCC(O)(c3ccc(C(F)(F)F)cc3)CC2)C[C@H]1O. The summed E-state index contributed by atoms with van der Waals surface area (Å²) in [6.07, 6.45) is -8.30. The number of alkyl halides is 6. The summed E-state index contributed by atoms with van der Waals surface area (Å²) in [5, 5.41) is 26.5. The molecule has 0 unspecified atom stereocenters. The number of aliphatic hydroxyl groups is 2. The van der Waals surface area contributed by atoms with Crippen LogP contribution in [0.3, 0.4) is 0 Å². The van der Waals surface area contributed by atoms with Gasteiger partial charge in [0.1, 0.15) is 0 Å². The molecular formula is C27H29F6N3O4. The second-order valence-corrected chi connectivity index (χ2v) is 10.3. The number of halogens is 6. The largest absolute Gasteiger partial charge is 0.416 e. The number of benzene rings is 2. The lowest BCUT2D eigenvalue weighted by Crippen LogP contribution is -2.47. The second kappa shape index (κ2) is 11.4. The van der Waals surface area contributed by atoms with Crippen LogP contribution in [0, 0.1) is 0 Å². The Bertz CT molecular complexity index is 1210. The van der Waals surface area contributed by atoms with Crippen LogP contribution in [0.25, 0.3) is 0 Å². The topological polar surface area (TPSA) is 102 Å². The molecule has 1 aliphatic carbocycles. The number of carbonyl (C=O) groups is 2. The number of hydrogen-bond donors (Lipinski definition) is 4. The van der Waals surface area contributed by atoms with E-state index in [2.05, 4.69) is 10.6 Å². The van der Waals surface area contributed by atoms with E-state index < -0.39 is 59.6 Å². The van der Waals surface area contributed by atoms with Crippen LogP contribution in [0.15, 0.2) is 48.5 Å². The highest BCUT2D eigenvalue weighted by Gasteiger charge is 2.41. The number of carbonyl (C=O) groups excluding carboxylic acids is 2. The van der Waals surface area contributed by atoms with Gasteiger partial charge in [0.05, 0.1) is 35.4 Å². The zero-order valence-electron chi connectivity index (χ0n) is 21.2. The molecular weight excluding hydrogens is 544 g/mol. The Hall–Kier alpha value is -3.16. The molecule has 1 heterocycles. The Balaban J connectivity index is 1.25. The molecule has 1 saturated heterocycles. The predicted molar refractivity (Wildman–Crippen MR) is 131 cm³/mol. The van der Waals surface area contributed by atoms with Crippen LogP contribution in [-0.2, 0) is 22.7 Å². The van der Waals surface area contributed by atoms with Crippen molar-refractivity contribution < 1.29 is 46.1 Å². The first kappa shape index (κ1) is 29.8. The van der Waals surface area contributed by atoms with Gasteiger partial charge < -0.3 is 20.8 Å². The zero-order valence-corrected chi connectivity index (χ0v) is 21.2. The number of aliphatic hydroxyl groups excluding tert-OH is 1. The number of nitrogens with zero attached hydrogens (tertiary/aromatic N) is 1. The number of nitrogens with one attached hydrogen (secondary N) is 2. The molecule has 0 bridgehead atoms. The Morgan fingerprint density at radius 1 is 0.925 bits per heavy atom. The van der Waals surface area contributed by atoms with E-state index in [-0.39, 0.29) is 18.2 Å². The van der Waals surface area contributed by atoms with E-state index in [4.69, 9.17) is 0 Å². The summed E-state index contributed by atoms with van der Waals surface area (Å²) in [6, 6.07) is 7.63. The van der Waals surface area contributed by atoms with E-state index in [1.807, 2.05) is 4.90 Å². The van der Waals surface area contributed by atoms with Crippen molar-refractivity contribution in [2.45, 2.75) is 61.8 Å². The van der Waals surface area contributed by atoms with Gasteiger partial charge in [-0.3, -0.25) is 14.5 Å². The Morgan fingerprint density at radius 3 is 2.15 bits per heavy atom. The van der Waals surface area contributed by atoms with E-state index in [0.29, 0.717) is 43.9 Å². The van der Waals surface area contributed by atoms with E-state index >= 15 is 0 Å². The molecule has 0 radical (unpaired) electrons. The first-order chi connectivity index (χ1) is 18.7. The fraction of sp³-hybridized carbons (Fsp3) is 0.481. The van der Waals surface area contributed by atoms with Crippen molar-refractivity contribution in [3.8, 4) is 0 Å². The summed E-state index contributed by atoms with van der Waals surface area (Å²) < 4.78 is 77.2. The summed E-state index contributed by atoms with van der Waals surface area (Å²) in [4.78, 5) is 26.6. The summed E-state index contributed by atoms with van der Waals surface area (Å²) in [7, 11) is 0. The third-order valence-electron chi connectivity index (χ3n) is 7.57. The first-order valence-electron chi connectivity index (χ1n) is 12.7. The first-order valence-corrected chi connectivity index (χ1v) is 12.7. The van der Waals surface area contributed by atoms with Crippen LogP contribution in [0.5, 0.6) is 0 Å². The van der Waals surface area contributed by atoms with Crippen LogP contribution < -0.4 is 10.6 Å². The summed E-state index contributed by atoms with van der Waals surface area (Å²) in [6.45, 7) is 0.0602. The smallest absolute Gasteiger partial charge is 0.390 e. The maximum absolute atomic E-state index is 12.9. The van der Waals surface area contributed by atoms with Crippen molar-refractivity contribution in [2.24, 2.45) is 0 Å². The van der Waals surface area contributed by atoms with Gasteiger partial charge in [-0.25, -0.2) is 0 Å². The van der Waals surface area contributed by atoms with Crippen molar-refractivity contribution in [1.29, 1.82) is 0 Å². The minimum Gasteiger partial charge on any atom is -0.390 e. The molecule has 1 saturated carbocycles. The Morgan fingerprint density at radius 2 is 1.55 bits per heavy atom. The van der Waals surface area contributed by atoms with Crippen molar-refractivity contribution in [3.63, 3.8) is 0 Å². The van der Waals surface area contributed by atoms with Crippen LogP contribution in [0.4, 0.5) is 26.3 Å². The molecule has 40 heavy (non-hydrogen) atoms. The fourth-order valence-electron chi connectivity index (χ4n) is 5.32. The third kappa shape index (κ3) is 6.94. The average molecular weight is 574 g/mol. The number of β-amino-alcohol motifs (C(OH)–C–C–N with tert-alkyl or cyclic N) is 1. The summed E-state index contributed by atoms with van der Waals surface area (Å²) in [5.41, 5.74) is -2.87. The monoisotopic (exact) mass is 573 g/mol. The molecule has 2 aromatic rings. The second-order valence-electron chi connectivity index (χ2n) is 10.3. The van der Waals surface area contributed by atoms with E-state index in [1.54, 1.807) is 0 Å². The summed E-state index contributed by atoms with van der Waals surface area (Å²) in [5.74, 6) is -1.47. The number of rotatable bonds is 6. The normalized spacial score (nSPS) is 25.9. The molecule has 2 atom stereocenters.